The zero-order valence-electron chi connectivity index (χ0n) is 5.22. The van der Waals surface area contributed by atoms with E-state index in [9.17, 15) is 4.79 Å². The maximum atomic E-state index is 10.5. The molecule has 1 N–H and O–H groups in total. The normalized spacial score (nSPS) is 9.44. The van der Waals surface area contributed by atoms with Crippen LogP contribution in [0.4, 0.5) is 0 Å². The van der Waals surface area contributed by atoms with Gasteiger partial charge in [0.15, 0.2) is 0 Å². The topological polar surface area (TPSA) is 45.8 Å². The zero-order chi connectivity index (χ0) is 6.69. The van der Waals surface area contributed by atoms with Crippen LogP contribution in [-0.2, 0) is 6.42 Å². The van der Waals surface area contributed by atoms with Gasteiger partial charge in [0.05, 0.1) is 6.20 Å². The first-order chi connectivity index (χ1) is 4.33. The van der Waals surface area contributed by atoms with Crippen LogP contribution in [-0.4, -0.2) is 10.2 Å². The largest absolute Gasteiger partial charge is 0.268 e. The lowest BCUT2D eigenvalue weighted by Gasteiger charge is -1.88. The van der Waals surface area contributed by atoms with Gasteiger partial charge >= 0.3 is 0 Å². The van der Waals surface area contributed by atoms with Crippen molar-refractivity contribution in [3.63, 3.8) is 0 Å². The van der Waals surface area contributed by atoms with Gasteiger partial charge in [0.25, 0.3) is 5.56 Å². The number of nitrogens with zero attached hydrogens (tertiary/aromatic N) is 1. The summed E-state index contributed by atoms with van der Waals surface area (Å²) in [6, 6.07) is 1.55. The van der Waals surface area contributed by atoms with Crippen LogP contribution < -0.4 is 5.56 Å². The van der Waals surface area contributed by atoms with Gasteiger partial charge in [0, 0.05) is 6.07 Å². The van der Waals surface area contributed by atoms with Crippen molar-refractivity contribution in [1.29, 1.82) is 0 Å². The van der Waals surface area contributed by atoms with Crippen LogP contribution in [0.2, 0.25) is 0 Å². The minimum absolute atomic E-state index is 0.130. The Kier molecular flexibility index (Phi) is 1.63. The highest BCUT2D eigenvalue weighted by molar-refractivity contribution is 5.04. The monoisotopic (exact) mass is 124 g/mol. The summed E-state index contributed by atoms with van der Waals surface area (Å²) >= 11 is 0. The van der Waals surface area contributed by atoms with Crippen LogP contribution in [0.25, 0.3) is 0 Å². The number of aromatic nitrogens is 2. The van der Waals surface area contributed by atoms with Crippen molar-refractivity contribution in [2.45, 2.75) is 13.3 Å². The van der Waals surface area contributed by atoms with Crippen molar-refractivity contribution >= 4 is 0 Å². The van der Waals surface area contributed by atoms with E-state index in [0.717, 1.165) is 12.0 Å². The Balaban J connectivity index is 3.08. The minimum Gasteiger partial charge on any atom is -0.268 e. The number of aromatic amines is 1. The fourth-order valence-electron chi connectivity index (χ4n) is 0.610. The van der Waals surface area contributed by atoms with Crippen LogP contribution in [0.15, 0.2) is 17.1 Å². The number of H-pyrrole nitrogens is 1. The van der Waals surface area contributed by atoms with E-state index in [1.165, 1.54) is 0 Å². The highest BCUT2D eigenvalue weighted by Gasteiger charge is 1.87. The predicted molar refractivity (Wildman–Crippen MR) is 34.2 cm³/mol. The fraction of sp³-hybridized carbons (Fsp3) is 0.333. The van der Waals surface area contributed by atoms with Crippen LogP contribution in [0, 0.1) is 0 Å². The Morgan fingerprint density at radius 1 is 1.78 bits per heavy atom. The molecule has 1 rings (SSSR count). The molecule has 48 valence electrons. The second kappa shape index (κ2) is 2.44. The Bertz CT molecular complexity index is 241. The van der Waals surface area contributed by atoms with Crippen molar-refractivity contribution in [1.82, 2.24) is 10.2 Å². The second-order valence-electron chi connectivity index (χ2n) is 1.81. The summed E-state index contributed by atoms with van der Waals surface area (Å²) in [5.74, 6) is 0. The first kappa shape index (κ1) is 6.01. The molecule has 1 aromatic rings. The summed E-state index contributed by atoms with van der Waals surface area (Å²) in [4.78, 5) is 10.5. The van der Waals surface area contributed by atoms with Crippen molar-refractivity contribution in [2.24, 2.45) is 0 Å². The summed E-state index contributed by atoms with van der Waals surface area (Å²) < 4.78 is 0. The number of nitrogens with one attached hydrogen (secondary N) is 1. The summed E-state index contributed by atoms with van der Waals surface area (Å²) in [6.07, 6.45) is 2.51. The molecule has 0 aliphatic rings. The molecule has 0 saturated carbocycles. The molecule has 0 radical (unpaired) electrons. The van der Waals surface area contributed by atoms with Crippen molar-refractivity contribution in [3.8, 4) is 0 Å². The number of aryl methyl sites for hydroxylation is 1. The molecule has 3 heteroatoms. The molecule has 1 aromatic heterocycles. The molecule has 0 amide bonds. The second-order valence-corrected chi connectivity index (χ2v) is 1.81. The summed E-state index contributed by atoms with van der Waals surface area (Å²) in [5, 5.41) is 5.92. The Morgan fingerprint density at radius 3 is 3.00 bits per heavy atom. The van der Waals surface area contributed by atoms with Gasteiger partial charge in [0.2, 0.25) is 0 Å². The van der Waals surface area contributed by atoms with E-state index in [4.69, 9.17) is 0 Å². The van der Waals surface area contributed by atoms with Crippen LogP contribution in [0.3, 0.4) is 0 Å². The van der Waals surface area contributed by atoms with E-state index < -0.39 is 0 Å². The Labute approximate surface area is 52.7 Å². The van der Waals surface area contributed by atoms with Gasteiger partial charge in [0.1, 0.15) is 0 Å². The summed E-state index contributed by atoms with van der Waals surface area (Å²) in [6.45, 7) is 1.98. The van der Waals surface area contributed by atoms with Gasteiger partial charge in [-0.2, -0.15) is 5.10 Å². The summed E-state index contributed by atoms with van der Waals surface area (Å²) in [5.41, 5.74) is 0.841. The maximum absolute atomic E-state index is 10.5. The Morgan fingerprint density at radius 2 is 2.56 bits per heavy atom. The molecule has 1 heterocycles. The molecule has 0 spiro atoms. The zero-order valence-corrected chi connectivity index (χ0v) is 5.22. The van der Waals surface area contributed by atoms with E-state index in [1.54, 1.807) is 12.3 Å². The predicted octanol–water partition coefficient (Wildman–Crippen LogP) is 0.332. The highest BCUT2D eigenvalue weighted by atomic mass is 16.1. The molecular formula is C6H8N2O. The van der Waals surface area contributed by atoms with Crippen molar-refractivity contribution < 1.29 is 0 Å². The fourth-order valence-corrected chi connectivity index (χ4v) is 0.610. The first-order valence-corrected chi connectivity index (χ1v) is 2.86. The molecule has 3 nitrogen and oxygen atoms in total. The third-order valence-electron chi connectivity index (χ3n) is 1.13. The van der Waals surface area contributed by atoms with E-state index in [2.05, 4.69) is 10.2 Å². The van der Waals surface area contributed by atoms with E-state index in [0.29, 0.717) is 0 Å². The molecular weight excluding hydrogens is 116 g/mol. The third-order valence-corrected chi connectivity index (χ3v) is 1.13. The molecule has 0 fully saturated rings. The molecule has 0 bridgehead atoms. The van der Waals surface area contributed by atoms with Crippen LogP contribution in [0.5, 0.6) is 0 Å². The molecule has 9 heavy (non-hydrogen) atoms. The first-order valence-electron chi connectivity index (χ1n) is 2.86. The van der Waals surface area contributed by atoms with Gasteiger partial charge < -0.3 is 0 Å². The minimum atomic E-state index is -0.130. The molecule has 0 aliphatic carbocycles. The van der Waals surface area contributed by atoms with Crippen LogP contribution in [0.1, 0.15) is 12.5 Å². The quantitative estimate of drug-likeness (QED) is 0.586. The third kappa shape index (κ3) is 1.38. The van der Waals surface area contributed by atoms with Crippen molar-refractivity contribution in [3.05, 3.63) is 28.2 Å². The average Bonchev–Trinajstić information content (AvgIpc) is 1.88. The molecule has 0 atom stereocenters. The smallest absolute Gasteiger partial charge is 0.264 e. The van der Waals surface area contributed by atoms with Crippen LogP contribution >= 0.6 is 0 Å². The molecule has 0 unspecified atom stereocenters. The van der Waals surface area contributed by atoms with Crippen molar-refractivity contribution in [2.75, 3.05) is 0 Å². The standard InChI is InChI=1S/C6H8N2O/c1-2-5-3-6(9)8-7-4-5/h3-4H,2H2,1H3,(H,8,9). The number of hydrogen-bond acceptors (Lipinski definition) is 2. The van der Waals surface area contributed by atoms with E-state index >= 15 is 0 Å². The Hall–Kier alpha value is -1.12. The number of rotatable bonds is 1. The highest BCUT2D eigenvalue weighted by Crippen LogP contribution is 1.88. The lowest BCUT2D eigenvalue weighted by Crippen LogP contribution is -2.06. The van der Waals surface area contributed by atoms with Gasteiger partial charge in [-0.1, -0.05) is 6.92 Å². The average molecular weight is 124 g/mol. The molecule has 0 aromatic carbocycles. The lowest BCUT2D eigenvalue weighted by atomic mass is 10.2. The SMILES string of the molecule is CCc1cn[nH]c(=O)c1. The van der Waals surface area contributed by atoms with E-state index in [-0.39, 0.29) is 5.56 Å². The molecule has 0 saturated heterocycles. The maximum Gasteiger partial charge on any atom is 0.264 e. The van der Waals surface area contributed by atoms with E-state index in [1.807, 2.05) is 6.92 Å². The van der Waals surface area contributed by atoms with Gasteiger partial charge in [-0.05, 0) is 12.0 Å². The number of hydrogen-bond donors (Lipinski definition) is 1. The van der Waals surface area contributed by atoms with Gasteiger partial charge in [-0.3, -0.25) is 4.79 Å². The molecule has 0 aliphatic heterocycles. The van der Waals surface area contributed by atoms with Gasteiger partial charge in [-0.15, -0.1) is 0 Å². The van der Waals surface area contributed by atoms with Gasteiger partial charge in [-0.25, -0.2) is 5.10 Å². The lowest BCUT2D eigenvalue weighted by molar-refractivity contribution is 0.949. The summed E-state index contributed by atoms with van der Waals surface area (Å²) in [7, 11) is 0.